The number of hydrogen-bond donors (Lipinski definition) is 1. The van der Waals surface area contributed by atoms with E-state index in [2.05, 4.69) is 17.4 Å². The molecule has 1 N–H and O–H groups in total. The number of aryl methyl sites for hydroxylation is 3. The van der Waals surface area contributed by atoms with Crippen molar-refractivity contribution in [1.82, 2.24) is 0 Å². The van der Waals surface area contributed by atoms with Gasteiger partial charge in [-0.25, -0.2) is 0 Å². The van der Waals surface area contributed by atoms with Crippen LogP contribution in [0.2, 0.25) is 5.02 Å². The van der Waals surface area contributed by atoms with Crippen LogP contribution in [0.3, 0.4) is 0 Å². The first-order valence-corrected chi connectivity index (χ1v) is 8.76. The summed E-state index contributed by atoms with van der Waals surface area (Å²) in [5, 5.41) is 3.55. The Kier molecular flexibility index (Phi) is 5.10. The molecule has 1 aliphatic carbocycles. The summed E-state index contributed by atoms with van der Waals surface area (Å²) in [7, 11) is 0. The normalized spacial score (nSPS) is 14.6. The minimum atomic E-state index is -0.568. The van der Waals surface area contributed by atoms with E-state index in [1.54, 1.807) is 19.1 Å². The van der Waals surface area contributed by atoms with E-state index in [-0.39, 0.29) is 5.91 Å². The maximum atomic E-state index is 12.4. The van der Waals surface area contributed by atoms with E-state index in [4.69, 9.17) is 16.3 Å². The Bertz CT molecular complexity index is 757. The molecule has 3 nitrogen and oxygen atoms in total. The maximum Gasteiger partial charge on any atom is 0.265 e. The average Bonchev–Trinajstić information content (AvgIpc) is 2.57. The molecule has 0 heterocycles. The molecule has 1 atom stereocenters. The summed E-state index contributed by atoms with van der Waals surface area (Å²) >= 11 is 5.94. The second-order valence-corrected chi connectivity index (χ2v) is 6.78. The second-order valence-electron chi connectivity index (χ2n) is 6.35. The van der Waals surface area contributed by atoms with E-state index < -0.39 is 6.10 Å². The molecule has 0 saturated heterocycles. The highest BCUT2D eigenvalue weighted by atomic mass is 35.5. The Hall–Kier alpha value is -2.00. The molecule has 2 aromatic rings. The van der Waals surface area contributed by atoms with Crippen LogP contribution in [-0.4, -0.2) is 12.0 Å². The lowest BCUT2D eigenvalue weighted by molar-refractivity contribution is -0.122. The molecule has 1 aliphatic rings. The Morgan fingerprint density at radius 2 is 1.88 bits per heavy atom. The summed E-state index contributed by atoms with van der Waals surface area (Å²) in [4.78, 5) is 12.4. The van der Waals surface area contributed by atoms with Gasteiger partial charge in [-0.1, -0.05) is 17.7 Å². The third kappa shape index (κ3) is 3.90. The van der Waals surface area contributed by atoms with Crippen LogP contribution >= 0.6 is 11.6 Å². The molecule has 2 aromatic carbocycles. The van der Waals surface area contributed by atoms with Crippen molar-refractivity contribution in [3.05, 3.63) is 58.1 Å². The van der Waals surface area contributed by atoms with Crippen LogP contribution in [-0.2, 0) is 17.6 Å². The minimum Gasteiger partial charge on any atom is -0.481 e. The molecule has 3 rings (SSSR count). The summed E-state index contributed by atoms with van der Waals surface area (Å²) in [6.45, 7) is 3.68. The molecule has 0 radical (unpaired) electrons. The van der Waals surface area contributed by atoms with Crippen LogP contribution in [0.5, 0.6) is 5.75 Å². The van der Waals surface area contributed by atoms with Gasteiger partial charge >= 0.3 is 0 Å². The number of halogens is 1. The first kappa shape index (κ1) is 16.8. The van der Waals surface area contributed by atoms with Crippen LogP contribution in [0, 0.1) is 6.92 Å². The predicted molar refractivity (Wildman–Crippen MR) is 98.0 cm³/mol. The number of fused-ring (bicyclic) bond motifs is 1. The summed E-state index contributed by atoms with van der Waals surface area (Å²) < 4.78 is 5.84. The van der Waals surface area contributed by atoms with Gasteiger partial charge in [0.15, 0.2) is 6.10 Å². The molecular formula is C20H22ClNO2. The Balaban J connectivity index is 1.65. The van der Waals surface area contributed by atoms with Crippen LogP contribution in [0.1, 0.15) is 36.5 Å². The number of nitrogens with one attached hydrogen (secondary N) is 1. The molecular weight excluding hydrogens is 322 g/mol. The van der Waals surface area contributed by atoms with E-state index in [0.29, 0.717) is 5.02 Å². The molecule has 0 saturated carbocycles. The first-order valence-electron chi connectivity index (χ1n) is 8.38. The van der Waals surface area contributed by atoms with Crippen molar-refractivity contribution < 1.29 is 9.53 Å². The number of hydrogen-bond acceptors (Lipinski definition) is 2. The Morgan fingerprint density at radius 1 is 1.12 bits per heavy atom. The van der Waals surface area contributed by atoms with Gasteiger partial charge in [-0.2, -0.15) is 0 Å². The van der Waals surface area contributed by atoms with Gasteiger partial charge < -0.3 is 10.1 Å². The SMILES string of the molecule is Cc1cc(Cl)ccc1NC(=O)[C@@H](C)Oc1ccc2c(c1)CCCC2. The standard InChI is InChI=1S/C20H22ClNO2/c1-13-11-17(21)8-10-19(13)22-20(23)14(2)24-18-9-7-15-5-3-4-6-16(15)12-18/h7-12,14H,3-6H2,1-2H3,(H,22,23)/t14-/m1/s1. The largest absolute Gasteiger partial charge is 0.481 e. The zero-order valence-electron chi connectivity index (χ0n) is 14.1. The zero-order valence-corrected chi connectivity index (χ0v) is 14.8. The molecule has 4 heteroatoms. The first-order chi connectivity index (χ1) is 11.5. The topological polar surface area (TPSA) is 38.3 Å². The molecule has 0 bridgehead atoms. The van der Waals surface area contributed by atoms with Crippen molar-refractivity contribution in [3.8, 4) is 5.75 Å². The molecule has 0 aromatic heterocycles. The number of rotatable bonds is 4. The average molecular weight is 344 g/mol. The molecule has 0 fully saturated rings. The van der Waals surface area contributed by atoms with Crippen molar-refractivity contribution in [3.63, 3.8) is 0 Å². The third-order valence-corrected chi connectivity index (χ3v) is 4.68. The molecule has 0 spiro atoms. The van der Waals surface area contributed by atoms with E-state index in [9.17, 15) is 4.79 Å². The van der Waals surface area contributed by atoms with Crippen molar-refractivity contribution in [2.75, 3.05) is 5.32 Å². The van der Waals surface area contributed by atoms with E-state index in [1.165, 1.54) is 24.0 Å². The Labute approximate surface area is 148 Å². The number of carbonyl (C=O) groups excluding carboxylic acids is 1. The minimum absolute atomic E-state index is 0.168. The zero-order chi connectivity index (χ0) is 17.1. The van der Waals surface area contributed by atoms with Gasteiger partial charge in [-0.3, -0.25) is 4.79 Å². The summed E-state index contributed by atoms with van der Waals surface area (Å²) in [6, 6.07) is 11.6. The van der Waals surface area contributed by atoms with Crippen molar-refractivity contribution >= 4 is 23.2 Å². The quantitative estimate of drug-likeness (QED) is 0.854. The van der Waals surface area contributed by atoms with Crippen molar-refractivity contribution in [2.45, 2.75) is 45.6 Å². The monoisotopic (exact) mass is 343 g/mol. The van der Waals surface area contributed by atoms with Gasteiger partial charge in [-0.05, 0) is 86.6 Å². The predicted octanol–water partition coefficient (Wildman–Crippen LogP) is 4.93. The number of carbonyl (C=O) groups is 1. The number of benzene rings is 2. The van der Waals surface area contributed by atoms with Crippen LogP contribution in [0.25, 0.3) is 0 Å². The molecule has 126 valence electrons. The molecule has 1 amide bonds. The Morgan fingerprint density at radius 3 is 2.62 bits per heavy atom. The van der Waals surface area contributed by atoms with E-state index in [0.717, 1.165) is 29.8 Å². The smallest absolute Gasteiger partial charge is 0.265 e. The summed E-state index contributed by atoms with van der Waals surface area (Å²) in [5.74, 6) is 0.587. The second kappa shape index (κ2) is 7.27. The number of amides is 1. The van der Waals surface area contributed by atoms with Crippen LogP contribution < -0.4 is 10.1 Å². The van der Waals surface area contributed by atoms with Gasteiger partial charge in [0, 0.05) is 10.7 Å². The van der Waals surface area contributed by atoms with Crippen LogP contribution in [0.4, 0.5) is 5.69 Å². The summed E-state index contributed by atoms with van der Waals surface area (Å²) in [6.07, 6.45) is 4.15. The molecule has 0 unspecified atom stereocenters. The highest BCUT2D eigenvalue weighted by Crippen LogP contribution is 2.26. The highest BCUT2D eigenvalue weighted by Gasteiger charge is 2.17. The van der Waals surface area contributed by atoms with Crippen molar-refractivity contribution in [1.29, 1.82) is 0 Å². The molecule has 24 heavy (non-hydrogen) atoms. The highest BCUT2D eigenvalue weighted by molar-refractivity contribution is 6.30. The van der Waals surface area contributed by atoms with Gasteiger partial charge in [0.1, 0.15) is 5.75 Å². The van der Waals surface area contributed by atoms with Gasteiger partial charge in [-0.15, -0.1) is 0 Å². The maximum absolute atomic E-state index is 12.4. The lowest BCUT2D eigenvalue weighted by atomic mass is 9.92. The van der Waals surface area contributed by atoms with E-state index in [1.807, 2.05) is 19.1 Å². The fourth-order valence-corrected chi connectivity index (χ4v) is 3.27. The van der Waals surface area contributed by atoms with E-state index >= 15 is 0 Å². The summed E-state index contributed by atoms with van der Waals surface area (Å²) in [5.41, 5.74) is 4.43. The van der Waals surface area contributed by atoms with Crippen LogP contribution in [0.15, 0.2) is 36.4 Å². The number of anilines is 1. The molecule has 0 aliphatic heterocycles. The lowest BCUT2D eigenvalue weighted by Crippen LogP contribution is -2.30. The van der Waals surface area contributed by atoms with Crippen molar-refractivity contribution in [2.24, 2.45) is 0 Å². The lowest BCUT2D eigenvalue weighted by Gasteiger charge is -2.19. The fraction of sp³-hybridized carbons (Fsp3) is 0.350. The van der Waals surface area contributed by atoms with Gasteiger partial charge in [0.25, 0.3) is 5.91 Å². The van der Waals surface area contributed by atoms with Gasteiger partial charge in [0.05, 0.1) is 0 Å². The number of ether oxygens (including phenoxy) is 1. The van der Waals surface area contributed by atoms with Gasteiger partial charge in [0.2, 0.25) is 0 Å². The third-order valence-electron chi connectivity index (χ3n) is 4.45. The fourth-order valence-electron chi connectivity index (χ4n) is 3.04.